The Bertz CT molecular complexity index is 1070. The smallest absolute Gasteiger partial charge is 0.407 e. The minimum atomic E-state index is -1.40. The molecule has 1 heterocycles. The molecule has 2 aromatic carbocycles. The summed E-state index contributed by atoms with van der Waals surface area (Å²) in [5.41, 5.74) is 3.06. The third-order valence-corrected chi connectivity index (χ3v) is 7.18. The van der Waals surface area contributed by atoms with Gasteiger partial charge in [0.15, 0.2) is 0 Å². The van der Waals surface area contributed by atoms with Crippen LogP contribution in [0, 0.1) is 0 Å². The quantitative estimate of drug-likeness (QED) is 0.596. The minimum Gasteiger partial charge on any atom is -0.480 e. The number of hydrogen-bond acceptors (Lipinski definition) is 5. The first kappa shape index (κ1) is 24.7. The number of amides is 2. The molecule has 2 N–H and O–H groups in total. The van der Waals surface area contributed by atoms with Gasteiger partial charge in [-0.1, -0.05) is 61.9 Å². The highest BCUT2D eigenvalue weighted by atomic mass is 16.5. The molecule has 0 spiro atoms. The Kier molecular flexibility index (Phi) is 7.12. The molecule has 2 amide bonds. The van der Waals surface area contributed by atoms with Gasteiger partial charge in [0.2, 0.25) is 5.91 Å². The summed E-state index contributed by atoms with van der Waals surface area (Å²) in [6.45, 7) is 3.71. The summed E-state index contributed by atoms with van der Waals surface area (Å²) in [5, 5.41) is 12.5. The number of nitrogens with one attached hydrogen (secondary N) is 1. The molecule has 0 aromatic heterocycles. The highest BCUT2D eigenvalue weighted by molar-refractivity contribution is 5.92. The molecule has 1 fully saturated rings. The largest absolute Gasteiger partial charge is 0.480 e. The lowest BCUT2D eigenvalue weighted by Gasteiger charge is -2.33. The fourth-order valence-corrected chi connectivity index (χ4v) is 5.23. The van der Waals surface area contributed by atoms with Gasteiger partial charge in [-0.25, -0.2) is 9.59 Å². The van der Waals surface area contributed by atoms with Gasteiger partial charge in [-0.3, -0.25) is 4.79 Å². The van der Waals surface area contributed by atoms with Crippen molar-refractivity contribution < 1.29 is 29.0 Å². The van der Waals surface area contributed by atoms with E-state index < -0.39 is 29.6 Å². The molecule has 3 unspecified atom stereocenters. The lowest BCUT2D eigenvalue weighted by molar-refractivity contribution is -0.156. The van der Waals surface area contributed by atoms with Crippen LogP contribution in [0.25, 0.3) is 11.1 Å². The number of fused-ring (bicyclic) bond motifs is 3. The zero-order valence-corrected chi connectivity index (χ0v) is 20.3. The lowest BCUT2D eigenvalue weighted by Crippen LogP contribution is -2.57. The van der Waals surface area contributed by atoms with Crippen molar-refractivity contribution in [3.8, 4) is 11.1 Å². The van der Waals surface area contributed by atoms with Crippen LogP contribution in [0.2, 0.25) is 0 Å². The number of alkyl carbamates (subject to hydrolysis) is 1. The van der Waals surface area contributed by atoms with E-state index in [1.54, 1.807) is 0 Å². The molecule has 1 aliphatic heterocycles. The van der Waals surface area contributed by atoms with E-state index >= 15 is 0 Å². The first-order valence-electron chi connectivity index (χ1n) is 12.0. The summed E-state index contributed by atoms with van der Waals surface area (Å²) in [7, 11) is 1.50. The molecule has 8 nitrogen and oxygen atoms in total. The van der Waals surface area contributed by atoms with Crippen LogP contribution in [0.5, 0.6) is 0 Å². The second kappa shape index (κ2) is 10.1. The maximum absolute atomic E-state index is 13.4. The predicted molar refractivity (Wildman–Crippen MR) is 130 cm³/mol. The average molecular weight is 481 g/mol. The highest BCUT2D eigenvalue weighted by Crippen LogP contribution is 2.44. The molecule has 2 aliphatic rings. The van der Waals surface area contributed by atoms with Crippen molar-refractivity contribution in [1.82, 2.24) is 10.2 Å². The Morgan fingerprint density at radius 2 is 1.71 bits per heavy atom. The molecule has 1 saturated heterocycles. The van der Waals surface area contributed by atoms with Crippen LogP contribution in [0.3, 0.4) is 0 Å². The van der Waals surface area contributed by atoms with E-state index in [1.807, 2.05) is 43.3 Å². The zero-order chi connectivity index (χ0) is 25.2. The predicted octanol–water partition coefficient (Wildman–Crippen LogP) is 3.78. The van der Waals surface area contributed by atoms with Gasteiger partial charge in [-0.2, -0.15) is 0 Å². The molecule has 35 heavy (non-hydrogen) atoms. The van der Waals surface area contributed by atoms with Crippen LogP contribution in [-0.2, 0) is 19.1 Å². The summed E-state index contributed by atoms with van der Waals surface area (Å²) >= 11 is 0. The van der Waals surface area contributed by atoms with Crippen LogP contribution in [0.4, 0.5) is 4.79 Å². The standard InChI is InChI=1S/C27H32N2O6/c1-4-9-23(24(30)29-15-17(34-3)14-27(29,2)25(31)32)28-26(33)35-16-22-20-12-7-5-10-18(20)19-11-6-8-13-21(19)22/h5-8,10-13,17,22-23H,4,9,14-16H2,1-3H3,(H,28,33)(H,31,32). The van der Waals surface area contributed by atoms with Crippen molar-refractivity contribution in [3.05, 3.63) is 59.7 Å². The summed E-state index contributed by atoms with van der Waals surface area (Å²) in [4.78, 5) is 39.5. The van der Waals surface area contributed by atoms with Crippen LogP contribution >= 0.6 is 0 Å². The van der Waals surface area contributed by atoms with Crippen molar-refractivity contribution in [2.45, 2.75) is 56.7 Å². The Morgan fingerprint density at radius 3 is 2.26 bits per heavy atom. The van der Waals surface area contributed by atoms with E-state index in [2.05, 4.69) is 17.4 Å². The van der Waals surface area contributed by atoms with Crippen LogP contribution in [0.15, 0.2) is 48.5 Å². The third-order valence-electron chi connectivity index (χ3n) is 7.18. The second-order valence-corrected chi connectivity index (χ2v) is 9.40. The van der Waals surface area contributed by atoms with E-state index in [9.17, 15) is 19.5 Å². The number of benzene rings is 2. The number of carbonyl (C=O) groups excluding carboxylic acids is 2. The molecule has 0 radical (unpaired) electrons. The number of aliphatic carboxylic acids is 1. The fourth-order valence-electron chi connectivity index (χ4n) is 5.23. The fraction of sp³-hybridized carbons (Fsp3) is 0.444. The maximum Gasteiger partial charge on any atom is 0.407 e. The first-order valence-corrected chi connectivity index (χ1v) is 12.0. The van der Waals surface area contributed by atoms with E-state index in [0.29, 0.717) is 12.8 Å². The topological polar surface area (TPSA) is 105 Å². The van der Waals surface area contributed by atoms with Gasteiger partial charge in [-0.05, 0) is 35.6 Å². The van der Waals surface area contributed by atoms with Gasteiger partial charge in [0.05, 0.1) is 6.10 Å². The highest BCUT2D eigenvalue weighted by Gasteiger charge is 2.51. The van der Waals surface area contributed by atoms with Gasteiger partial charge in [0, 0.05) is 26.0 Å². The van der Waals surface area contributed by atoms with Gasteiger partial charge >= 0.3 is 12.1 Å². The van der Waals surface area contributed by atoms with Crippen molar-refractivity contribution in [2.75, 3.05) is 20.3 Å². The summed E-state index contributed by atoms with van der Waals surface area (Å²) < 4.78 is 11.0. The first-order chi connectivity index (χ1) is 16.8. The Balaban J connectivity index is 1.45. The Labute approximate surface area is 205 Å². The van der Waals surface area contributed by atoms with Crippen molar-refractivity contribution in [3.63, 3.8) is 0 Å². The number of carboxylic acid groups (broad SMARTS) is 1. The van der Waals surface area contributed by atoms with E-state index in [-0.39, 0.29) is 31.6 Å². The number of carboxylic acids is 1. The van der Waals surface area contributed by atoms with Crippen molar-refractivity contribution in [2.24, 2.45) is 0 Å². The Morgan fingerprint density at radius 1 is 1.11 bits per heavy atom. The molecular weight excluding hydrogens is 448 g/mol. The molecular formula is C27H32N2O6. The summed E-state index contributed by atoms with van der Waals surface area (Å²) in [6, 6.07) is 15.2. The monoisotopic (exact) mass is 480 g/mol. The molecule has 8 heteroatoms. The van der Waals surface area contributed by atoms with Crippen LogP contribution in [-0.4, -0.2) is 65.9 Å². The van der Waals surface area contributed by atoms with Crippen LogP contribution < -0.4 is 5.32 Å². The molecule has 3 atom stereocenters. The summed E-state index contributed by atoms with van der Waals surface area (Å²) in [5.74, 6) is -1.63. The van der Waals surface area contributed by atoms with Gasteiger partial charge in [0.1, 0.15) is 18.2 Å². The molecule has 0 bridgehead atoms. The second-order valence-electron chi connectivity index (χ2n) is 9.40. The molecule has 1 aliphatic carbocycles. The average Bonchev–Trinajstić information content (AvgIpc) is 3.38. The molecule has 4 rings (SSSR count). The van der Waals surface area contributed by atoms with E-state index in [1.165, 1.54) is 18.9 Å². The minimum absolute atomic E-state index is 0.0928. The SMILES string of the molecule is CCCC(NC(=O)OCC1c2ccccc2-c2ccccc21)C(=O)N1CC(OC)CC1(C)C(=O)O. The van der Waals surface area contributed by atoms with Crippen LogP contribution in [0.1, 0.15) is 50.2 Å². The van der Waals surface area contributed by atoms with E-state index in [0.717, 1.165) is 22.3 Å². The van der Waals surface area contributed by atoms with Crippen molar-refractivity contribution >= 4 is 18.0 Å². The zero-order valence-electron chi connectivity index (χ0n) is 20.3. The number of hydrogen-bond donors (Lipinski definition) is 2. The van der Waals surface area contributed by atoms with Gasteiger partial charge in [0.25, 0.3) is 0 Å². The maximum atomic E-state index is 13.4. The van der Waals surface area contributed by atoms with Gasteiger partial charge < -0.3 is 24.8 Å². The number of ether oxygens (including phenoxy) is 2. The number of carbonyl (C=O) groups is 3. The lowest BCUT2D eigenvalue weighted by atomic mass is 9.97. The molecule has 2 aromatic rings. The van der Waals surface area contributed by atoms with E-state index in [4.69, 9.17) is 9.47 Å². The molecule has 0 saturated carbocycles. The van der Waals surface area contributed by atoms with Crippen molar-refractivity contribution in [1.29, 1.82) is 0 Å². The number of methoxy groups -OCH3 is 1. The number of likely N-dealkylation sites (tertiary alicyclic amines) is 1. The molecule has 186 valence electrons. The third kappa shape index (κ3) is 4.62. The number of rotatable bonds is 8. The summed E-state index contributed by atoms with van der Waals surface area (Å²) in [6.07, 6.45) is 0.113. The Hall–Kier alpha value is -3.39. The normalized spacial score (nSPS) is 21.8. The number of nitrogens with zero attached hydrogens (tertiary/aromatic N) is 1. The van der Waals surface area contributed by atoms with Gasteiger partial charge in [-0.15, -0.1) is 0 Å².